The zero-order valence-electron chi connectivity index (χ0n) is 14.5. The summed E-state index contributed by atoms with van der Waals surface area (Å²) in [6.07, 6.45) is -0.284. The van der Waals surface area contributed by atoms with Gasteiger partial charge in [-0.3, -0.25) is 4.79 Å². The summed E-state index contributed by atoms with van der Waals surface area (Å²) in [5.74, 6) is -0.227. The van der Waals surface area contributed by atoms with Crippen LogP contribution in [-0.4, -0.2) is 32.6 Å². The highest BCUT2D eigenvalue weighted by molar-refractivity contribution is 8.25. The molecule has 0 aromatic heterocycles. The third-order valence-corrected chi connectivity index (χ3v) is 5.13. The Hall–Kier alpha value is -1.42. The first-order valence-electron chi connectivity index (χ1n) is 7.76. The molecule has 1 aromatic rings. The van der Waals surface area contributed by atoms with Crippen LogP contribution in [0.5, 0.6) is 0 Å². The van der Waals surface area contributed by atoms with E-state index in [1.165, 1.54) is 11.8 Å². The lowest BCUT2D eigenvalue weighted by molar-refractivity contribution is -0.124. The zero-order valence-corrected chi connectivity index (χ0v) is 16.1. The Morgan fingerprint density at radius 1 is 1.38 bits per heavy atom. The average molecular weight is 365 g/mol. The van der Waals surface area contributed by atoms with Crippen LogP contribution in [0.25, 0.3) is 0 Å². The molecule has 0 bridgehead atoms. The van der Waals surface area contributed by atoms with Crippen LogP contribution in [-0.2, 0) is 4.79 Å². The van der Waals surface area contributed by atoms with Crippen LogP contribution in [0.2, 0.25) is 0 Å². The maximum absolute atomic E-state index is 12.7. The summed E-state index contributed by atoms with van der Waals surface area (Å²) in [6, 6.07) is 11.7. The number of carbonyl (C=O) groups excluding carboxylic acids is 1. The molecule has 0 saturated heterocycles. The number of rotatable bonds is 7. The van der Waals surface area contributed by atoms with Gasteiger partial charge in [-0.25, -0.2) is 0 Å². The van der Waals surface area contributed by atoms with Gasteiger partial charge in [0.25, 0.3) is 0 Å². The lowest BCUT2D eigenvalue weighted by Crippen LogP contribution is -2.47. The normalized spacial score (nSPS) is 15.0. The summed E-state index contributed by atoms with van der Waals surface area (Å²) in [4.78, 5) is 12.7. The third-order valence-electron chi connectivity index (χ3n) is 3.45. The molecule has 2 unspecified atom stereocenters. The second kappa shape index (κ2) is 8.61. The monoisotopic (exact) mass is 364 g/mol. The van der Waals surface area contributed by atoms with E-state index in [4.69, 9.17) is 12.2 Å². The number of nitriles is 1. The maximum Gasteiger partial charge on any atom is 0.236 e. The molecule has 0 aliphatic carbocycles. The first kappa shape index (κ1) is 20.6. The Kier molecular flexibility index (Phi) is 7.40. The largest absolute Gasteiger partial charge is 0.392 e. The number of benzene rings is 1. The van der Waals surface area contributed by atoms with Crippen molar-refractivity contribution in [1.29, 1.82) is 5.26 Å². The van der Waals surface area contributed by atoms with Crippen LogP contribution in [0.1, 0.15) is 39.7 Å². The fourth-order valence-corrected chi connectivity index (χ4v) is 4.26. The molecule has 6 heteroatoms. The molecule has 4 nitrogen and oxygen atoms in total. The maximum atomic E-state index is 12.7. The van der Waals surface area contributed by atoms with Crippen molar-refractivity contribution in [1.82, 2.24) is 5.32 Å². The van der Waals surface area contributed by atoms with E-state index in [1.54, 1.807) is 27.7 Å². The summed E-state index contributed by atoms with van der Waals surface area (Å²) in [7, 11) is 0. The van der Waals surface area contributed by atoms with Gasteiger partial charge >= 0.3 is 0 Å². The molecule has 130 valence electrons. The van der Waals surface area contributed by atoms with Gasteiger partial charge in [0.05, 0.1) is 26.5 Å². The summed E-state index contributed by atoms with van der Waals surface area (Å²) >= 11 is 6.79. The summed E-state index contributed by atoms with van der Waals surface area (Å²) < 4.78 is -0.292. The molecule has 0 fully saturated rings. The van der Waals surface area contributed by atoms with Crippen molar-refractivity contribution in [2.75, 3.05) is 6.54 Å². The van der Waals surface area contributed by atoms with Crippen molar-refractivity contribution in [3.8, 4) is 6.07 Å². The lowest BCUT2D eigenvalue weighted by Gasteiger charge is -2.32. The first-order valence-corrected chi connectivity index (χ1v) is 8.98. The SMILES string of the molecule is CC(O)CNC(=O)C(C)(CC(C)(C)C#N)SC(=S)c1ccccc1. The molecule has 2 N–H and O–H groups in total. The number of nitrogens with zero attached hydrogens (tertiary/aromatic N) is 1. The van der Waals surface area contributed by atoms with Crippen molar-refractivity contribution < 1.29 is 9.90 Å². The fourth-order valence-electron chi connectivity index (χ4n) is 2.31. The van der Waals surface area contributed by atoms with Gasteiger partial charge in [-0.1, -0.05) is 54.3 Å². The van der Waals surface area contributed by atoms with Crippen LogP contribution < -0.4 is 5.32 Å². The Morgan fingerprint density at radius 2 is 1.96 bits per heavy atom. The molecule has 1 aromatic carbocycles. The number of nitrogens with one attached hydrogen (secondary N) is 1. The van der Waals surface area contributed by atoms with E-state index in [1.807, 2.05) is 30.3 Å². The van der Waals surface area contributed by atoms with Crippen molar-refractivity contribution in [2.24, 2.45) is 5.41 Å². The van der Waals surface area contributed by atoms with Gasteiger partial charge in [0.2, 0.25) is 5.91 Å². The van der Waals surface area contributed by atoms with Gasteiger partial charge in [-0.15, -0.1) is 0 Å². The lowest BCUT2D eigenvalue weighted by atomic mass is 9.84. The molecule has 0 spiro atoms. The molecule has 0 saturated carbocycles. The molecule has 1 rings (SSSR count). The predicted octanol–water partition coefficient (Wildman–Crippen LogP) is 3.29. The molecule has 0 heterocycles. The molecule has 2 atom stereocenters. The highest BCUT2D eigenvalue weighted by atomic mass is 32.2. The number of aliphatic hydroxyl groups excluding tert-OH is 1. The van der Waals surface area contributed by atoms with Gasteiger partial charge in [0.15, 0.2) is 0 Å². The van der Waals surface area contributed by atoms with E-state index >= 15 is 0 Å². The van der Waals surface area contributed by atoms with Gasteiger partial charge < -0.3 is 10.4 Å². The van der Waals surface area contributed by atoms with Crippen molar-refractivity contribution in [2.45, 2.75) is 45.0 Å². The van der Waals surface area contributed by atoms with Gasteiger partial charge in [0, 0.05) is 6.54 Å². The van der Waals surface area contributed by atoms with Crippen molar-refractivity contribution in [3.05, 3.63) is 35.9 Å². The van der Waals surface area contributed by atoms with E-state index in [0.717, 1.165) is 5.56 Å². The summed E-state index contributed by atoms with van der Waals surface area (Å²) in [5.41, 5.74) is 0.206. The highest BCUT2D eigenvalue weighted by Gasteiger charge is 2.40. The van der Waals surface area contributed by atoms with Crippen LogP contribution in [0.4, 0.5) is 0 Å². The zero-order chi connectivity index (χ0) is 18.4. The summed E-state index contributed by atoms with van der Waals surface area (Å²) in [6.45, 7) is 7.18. The average Bonchev–Trinajstić information content (AvgIpc) is 2.52. The Morgan fingerprint density at radius 3 is 2.46 bits per heavy atom. The number of hydrogen-bond acceptors (Lipinski definition) is 5. The van der Waals surface area contributed by atoms with Crippen LogP contribution >= 0.6 is 24.0 Å². The minimum atomic E-state index is -0.902. The number of thiocarbonyl (C=S) groups is 1. The molecular formula is C18H24N2O2S2. The van der Waals surface area contributed by atoms with Gasteiger partial charge in [-0.05, 0) is 39.7 Å². The standard InChI is InChI=1S/C18H24N2O2S2/c1-13(21)10-20-16(22)18(4,11-17(2,3)12-19)24-15(23)14-8-6-5-7-9-14/h5-9,13,21H,10-11H2,1-4H3,(H,20,22). The Bertz CT molecular complexity index is 624. The topological polar surface area (TPSA) is 73.1 Å². The number of amides is 1. The van der Waals surface area contributed by atoms with Gasteiger partial charge in [-0.2, -0.15) is 5.26 Å². The third kappa shape index (κ3) is 6.23. The second-order valence-corrected chi connectivity index (χ2v) is 8.90. The Labute approximate surface area is 153 Å². The molecule has 1 amide bonds. The quantitative estimate of drug-likeness (QED) is 0.726. The molecule has 0 radical (unpaired) electrons. The van der Waals surface area contributed by atoms with Crippen LogP contribution in [0.15, 0.2) is 30.3 Å². The fraction of sp³-hybridized carbons (Fsp3) is 0.500. The minimum Gasteiger partial charge on any atom is -0.392 e. The van der Waals surface area contributed by atoms with Crippen molar-refractivity contribution in [3.63, 3.8) is 0 Å². The minimum absolute atomic E-state index is 0.167. The first-order chi connectivity index (χ1) is 11.1. The van der Waals surface area contributed by atoms with E-state index in [2.05, 4.69) is 11.4 Å². The van der Waals surface area contributed by atoms with E-state index < -0.39 is 16.3 Å². The molecule has 24 heavy (non-hydrogen) atoms. The smallest absolute Gasteiger partial charge is 0.236 e. The number of carbonyl (C=O) groups is 1. The second-order valence-electron chi connectivity index (χ2n) is 6.72. The van der Waals surface area contributed by atoms with E-state index in [-0.39, 0.29) is 12.5 Å². The van der Waals surface area contributed by atoms with E-state index in [0.29, 0.717) is 10.6 Å². The number of hydrogen-bond donors (Lipinski definition) is 2. The summed E-state index contributed by atoms with van der Waals surface area (Å²) in [5, 5.41) is 21.5. The number of aliphatic hydroxyl groups is 1. The molecular weight excluding hydrogens is 340 g/mol. The van der Waals surface area contributed by atoms with Gasteiger partial charge in [0.1, 0.15) is 0 Å². The number of thioether (sulfide) groups is 1. The van der Waals surface area contributed by atoms with Crippen molar-refractivity contribution >= 4 is 34.1 Å². The van der Waals surface area contributed by atoms with Crippen LogP contribution in [0.3, 0.4) is 0 Å². The molecule has 0 aliphatic rings. The molecule has 0 aliphatic heterocycles. The Balaban J connectivity index is 3.02. The predicted molar refractivity (Wildman–Crippen MR) is 103 cm³/mol. The van der Waals surface area contributed by atoms with E-state index in [9.17, 15) is 15.2 Å². The van der Waals surface area contributed by atoms with Crippen LogP contribution in [0, 0.1) is 16.7 Å². The highest BCUT2D eigenvalue weighted by Crippen LogP contribution is 2.39.